The second kappa shape index (κ2) is 1.33. The molecule has 5 fully saturated rings. The second-order valence-corrected chi connectivity index (χ2v) is 13.2. The van der Waals surface area contributed by atoms with E-state index in [-0.39, 0.29) is 0 Å². The Kier molecular flexibility index (Phi) is 0.783. The van der Waals surface area contributed by atoms with Gasteiger partial charge < -0.3 is 0 Å². The summed E-state index contributed by atoms with van der Waals surface area (Å²) < 4.78 is 0.720. The topological polar surface area (TPSA) is 0 Å². The van der Waals surface area contributed by atoms with E-state index in [4.69, 9.17) is 0 Å². The number of hydrogen-bond acceptors (Lipinski definition) is 0. The van der Waals surface area contributed by atoms with E-state index in [9.17, 15) is 0 Å². The van der Waals surface area contributed by atoms with Crippen LogP contribution >= 0.6 is 15.9 Å². The van der Waals surface area contributed by atoms with E-state index in [2.05, 4.69) is 35.6 Å². The minimum absolute atomic E-state index is 0.720. The first-order chi connectivity index (χ1) is 5.47. The van der Waals surface area contributed by atoms with Crippen molar-refractivity contribution in [1.29, 1.82) is 0 Å². The fourth-order valence-corrected chi connectivity index (χ4v) is 11.7. The van der Waals surface area contributed by atoms with Crippen molar-refractivity contribution in [2.75, 3.05) is 0 Å². The summed E-state index contributed by atoms with van der Waals surface area (Å²) in [4.78, 5) is 0. The molecule has 66 valence electrons. The summed E-state index contributed by atoms with van der Waals surface area (Å²) in [5, 5.41) is 0.946. The first-order valence-corrected chi connectivity index (χ1v) is 9.45. The van der Waals surface area contributed by atoms with Crippen LogP contribution in [0.5, 0.6) is 0 Å². The van der Waals surface area contributed by atoms with Crippen LogP contribution in [0.4, 0.5) is 0 Å². The van der Waals surface area contributed by atoms with Gasteiger partial charge in [-0.25, -0.2) is 0 Å². The Hall–Kier alpha value is 0.697. The minimum atomic E-state index is -0.844. The van der Waals surface area contributed by atoms with Crippen molar-refractivity contribution in [3.05, 3.63) is 0 Å². The summed E-state index contributed by atoms with van der Waals surface area (Å²) in [6.45, 7) is 7.77. The molecule has 0 amide bonds. The second-order valence-electron chi connectivity index (χ2n) is 6.41. The molecule has 5 aliphatic rings. The predicted molar refractivity (Wildman–Crippen MR) is 56.3 cm³/mol. The molecular weight excluding hydrogens is 228 g/mol. The molecular formula is C10H15BrSi. The van der Waals surface area contributed by atoms with Gasteiger partial charge in [0.1, 0.15) is 0 Å². The minimum Gasteiger partial charge on any atom is -0.0844 e. The van der Waals surface area contributed by atoms with Crippen LogP contribution in [-0.4, -0.2) is 12.4 Å². The van der Waals surface area contributed by atoms with Crippen molar-refractivity contribution < 1.29 is 0 Å². The third kappa shape index (κ3) is 0.349. The summed E-state index contributed by atoms with van der Waals surface area (Å²) in [5.74, 6) is 4.59. The summed E-state index contributed by atoms with van der Waals surface area (Å²) >= 11 is 4.00. The molecule has 2 heteroatoms. The highest BCUT2D eigenvalue weighted by molar-refractivity contribution is 9.10. The average molecular weight is 243 g/mol. The standard InChI is InChI=1S/C10H15BrSi/c1-12(2,3)10-6-4-5-7(10)9(5,11)8(6)10/h5-8H,4H2,1-3H3/t5-,6+,7-,8+,9+,10+/m0/s1. The van der Waals surface area contributed by atoms with Crippen LogP contribution in [0.3, 0.4) is 0 Å². The molecule has 0 N–H and O–H groups in total. The molecule has 0 spiro atoms. The van der Waals surface area contributed by atoms with Crippen molar-refractivity contribution >= 4 is 24.0 Å². The summed E-state index contributed by atoms with van der Waals surface area (Å²) in [6.07, 6.45) is 1.59. The van der Waals surface area contributed by atoms with E-state index in [1.807, 2.05) is 0 Å². The maximum Gasteiger partial charge on any atom is 0.0517 e. The smallest absolute Gasteiger partial charge is 0.0517 e. The quantitative estimate of drug-likeness (QED) is 0.490. The fraction of sp³-hybridized carbons (Fsp3) is 1.00. The highest BCUT2D eigenvalue weighted by Crippen LogP contribution is 3.08. The van der Waals surface area contributed by atoms with Crippen LogP contribution in [0.1, 0.15) is 6.42 Å². The van der Waals surface area contributed by atoms with Crippen LogP contribution in [0.25, 0.3) is 0 Å². The molecule has 0 nitrogen and oxygen atoms in total. The Labute approximate surface area is 83.2 Å². The lowest BCUT2D eigenvalue weighted by atomic mass is 9.99. The number of halogens is 1. The monoisotopic (exact) mass is 242 g/mol. The Morgan fingerprint density at radius 1 is 1.17 bits per heavy atom. The zero-order valence-electron chi connectivity index (χ0n) is 7.89. The molecule has 5 saturated carbocycles. The molecule has 2 bridgehead atoms. The maximum atomic E-state index is 4.00. The van der Waals surface area contributed by atoms with Gasteiger partial charge in [0.25, 0.3) is 0 Å². The number of rotatable bonds is 1. The van der Waals surface area contributed by atoms with Gasteiger partial charge in [-0.2, -0.15) is 0 Å². The molecule has 0 aliphatic heterocycles. The lowest BCUT2D eigenvalue weighted by Crippen LogP contribution is -2.42. The van der Waals surface area contributed by atoms with E-state index < -0.39 is 8.07 Å². The SMILES string of the molecule is C[Si](C)(C)[C@]12[C@@H]3C[C@H]4[C@H]1[C@@]4(Br)[C@@H]32. The van der Waals surface area contributed by atoms with E-state index in [0.717, 1.165) is 27.1 Å². The van der Waals surface area contributed by atoms with Gasteiger partial charge in [0.15, 0.2) is 0 Å². The van der Waals surface area contributed by atoms with Crippen LogP contribution in [0, 0.1) is 23.7 Å². The van der Waals surface area contributed by atoms with E-state index in [0.29, 0.717) is 0 Å². The first kappa shape index (κ1) is 7.05. The van der Waals surface area contributed by atoms with Gasteiger partial charge in [-0.15, -0.1) is 0 Å². The van der Waals surface area contributed by atoms with Gasteiger partial charge in [-0.05, 0) is 35.1 Å². The van der Waals surface area contributed by atoms with Crippen LogP contribution in [-0.2, 0) is 0 Å². The Balaban J connectivity index is 1.87. The fourth-order valence-electron chi connectivity index (χ4n) is 5.46. The molecule has 0 saturated heterocycles. The molecule has 12 heavy (non-hydrogen) atoms. The van der Waals surface area contributed by atoms with E-state index >= 15 is 0 Å². The lowest BCUT2D eigenvalue weighted by Gasteiger charge is -2.39. The molecule has 0 unspecified atom stereocenters. The zero-order valence-corrected chi connectivity index (χ0v) is 10.5. The third-order valence-electron chi connectivity index (χ3n) is 5.56. The van der Waals surface area contributed by atoms with Crippen molar-refractivity contribution in [3.8, 4) is 0 Å². The highest BCUT2D eigenvalue weighted by atomic mass is 79.9. The number of hydrogen-bond donors (Lipinski definition) is 0. The molecule has 5 aliphatic carbocycles. The Bertz CT molecular complexity index is 297. The summed E-state index contributed by atoms with van der Waals surface area (Å²) in [6, 6.07) is 0. The van der Waals surface area contributed by atoms with Gasteiger partial charge in [0, 0.05) is 4.32 Å². The van der Waals surface area contributed by atoms with Gasteiger partial charge in [-0.3, -0.25) is 0 Å². The molecule has 6 atom stereocenters. The normalized spacial score (nSPS) is 75.0. The Morgan fingerprint density at radius 2 is 1.75 bits per heavy atom. The molecule has 0 heterocycles. The molecule has 0 aromatic heterocycles. The van der Waals surface area contributed by atoms with Gasteiger partial charge in [0.2, 0.25) is 0 Å². The number of alkyl halides is 1. The van der Waals surface area contributed by atoms with Crippen molar-refractivity contribution in [2.24, 2.45) is 23.7 Å². The molecule has 0 aromatic rings. The average Bonchev–Trinajstić information content (AvgIpc) is 2.53. The molecule has 0 radical (unpaired) electrons. The highest BCUT2D eigenvalue weighted by Gasteiger charge is 3.04. The zero-order chi connectivity index (χ0) is 8.52. The van der Waals surface area contributed by atoms with Crippen LogP contribution in [0.2, 0.25) is 24.7 Å². The maximum absolute atomic E-state index is 4.00. The third-order valence-corrected chi connectivity index (χ3v) is 10.7. The first-order valence-electron chi connectivity index (χ1n) is 5.15. The predicted octanol–water partition coefficient (Wildman–Crippen LogP) is 3.11. The summed E-state index contributed by atoms with van der Waals surface area (Å²) in [5.41, 5.74) is 0. The van der Waals surface area contributed by atoms with Gasteiger partial charge in [0.05, 0.1) is 8.07 Å². The Morgan fingerprint density at radius 3 is 1.92 bits per heavy atom. The van der Waals surface area contributed by atoms with E-state index in [1.165, 1.54) is 5.92 Å². The van der Waals surface area contributed by atoms with Crippen molar-refractivity contribution in [2.45, 2.75) is 35.4 Å². The molecule has 5 rings (SSSR count). The van der Waals surface area contributed by atoms with Crippen LogP contribution in [0.15, 0.2) is 0 Å². The van der Waals surface area contributed by atoms with Crippen LogP contribution < -0.4 is 0 Å². The van der Waals surface area contributed by atoms with E-state index in [1.54, 1.807) is 6.42 Å². The summed E-state index contributed by atoms with van der Waals surface area (Å²) in [7, 11) is -0.844. The molecule has 0 aromatic carbocycles. The van der Waals surface area contributed by atoms with Crippen molar-refractivity contribution in [1.82, 2.24) is 0 Å². The van der Waals surface area contributed by atoms with Gasteiger partial charge in [-0.1, -0.05) is 35.6 Å². The lowest BCUT2D eigenvalue weighted by molar-refractivity contribution is 0.477. The van der Waals surface area contributed by atoms with Crippen molar-refractivity contribution in [3.63, 3.8) is 0 Å². The largest absolute Gasteiger partial charge is 0.0844 e. The van der Waals surface area contributed by atoms with Gasteiger partial charge >= 0.3 is 0 Å².